The van der Waals surface area contributed by atoms with Gasteiger partial charge in [0.1, 0.15) is 0 Å². The second kappa shape index (κ2) is 8.81. The van der Waals surface area contributed by atoms with Crippen molar-refractivity contribution in [3.63, 3.8) is 0 Å². The van der Waals surface area contributed by atoms with Gasteiger partial charge in [-0.15, -0.1) is 0 Å². The molecule has 2 aliphatic heterocycles. The number of hydrogen-bond donors (Lipinski definition) is 2. The second-order valence-corrected chi connectivity index (χ2v) is 12.4. The lowest BCUT2D eigenvalue weighted by molar-refractivity contribution is -0.123. The molecule has 8 nitrogen and oxygen atoms in total. The third kappa shape index (κ3) is 3.69. The van der Waals surface area contributed by atoms with E-state index in [9.17, 15) is 18.0 Å². The number of aryl methyl sites for hydroxylation is 2. The first-order chi connectivity index (χ1) is 19.7. The minimum atomic E-state index is -4.01. The van der Waals surface area contributed by atoms with E-state index in [-0.39, 0.29) is 17.3 Å². The van der Waals surface area contributed by atoms with Crippen LogP contribution in [-0.4, -0.2) is 24.2 Å². The van der Waals surface area contributed by atoms with Crippen molar-refractivity contribution in [3.05, 3.63) is 125 Å². The van der Waals surface area contributed by atoms with Crippen molar-refractivity contribution in [2.75, 3.05) is 10.2 Å². The van der Waals surface area contributed by atoms with E-state index in [1.54, 1.807) is 65.6 Å². The van der Waals surface area contributed by atoms with Crippen LogP contribution in [-0.2, 0) is 27.0 Å². The van der Waals surface area contributed by atoms with Crippen LogP contribution < -0.4 is 15.5 Å². The Hall–Kier alpha value is -4.89. The Kier molecular flexibility index (Phi) is 5.39. The van der Waals surface area contributed by atoms with Crippen LogP contribution in [0.3, 0.4) is 0 Å². The van der Waals surface area contributed by atoms with Crippen LogP contribution in [0.5, 0.6) is 0 Å². The molecule has 4 aromatic carbocycles. The Morgan fingerprint density at radius 2 is 1.49 bits per heavy atom. The van der Waals surface area contributed by atoms with E-state index in [1.807, 2.05) is 50.2 Å². The van der Waals surface area contributed by atoms with Crippen LogP contribution in [0.2, 0.25) is 0 Å². The molecule has 9 heteroatoms. The van der Waals surface area contributed by atoms with Crippen LogP contribution in [0.25, 0.3) is 10.9 Å². The Balaban J connectivity index is 1.38. The maximum atomic E-state index is 14.3. The molecule has 1 unspecified atom stereocenters. The summed E-state index contributed by atoms with van der Waals surface area (Å²) in [4.78, 5) is 29.2. The molecule has 0 bridgehead atoms. The quantitative estimate of drug-likeness (QED) is 0.319. The minimum absolute atomic E-state index is 0.0321. The van der Waals surface area contributed by atoms with Crippen molar-refractivity contribution in [2.45, 2.75) is 31.0 Å². The number of carbonyl (C=O) groups is 2. The number of fused-ring (bicyclic) bond motifs is 4. The summed E-state index contributed by atoms with van der Waals surface area (Å²) in [5.41, 5.74) is 3.54. The topological polar surface area (TPSA) is 101 Å². The molecule has 41 heavy (non-hydrogen) atoms. The largest absolute Gasteiger partial charge is 0.350 e. The first kappa shape index (κ1) is 25.1. The van der Waals surface area contributed by atoms with Gasteiger partial charge in [-0.25, -0.2) is 12.4 Å². The zero-order valence-electron chi connectivity index (χ0n) is 22.4. The summed E-state index contributed by atoms with van der Waals surface area (Å²) in [6, 6.07) is 28.4. The third-order valence-corrected chi connectivity index (χ3v) is 9.60. The van der Waals surface area contributed by atoms with E-state index in [1.165, 1.54) is 3.97 Å². The molecule has 7 rings (SSSR count). The summed E-state index contributed by atoms with van der Waals surface area (Å²) in [5, 5.41) is 6.95. The number of amides is 2. The van der Waals surface area contributed by atoms with Crippen molar-refractivity contribution in [1.82, 2.24) is 9.29 Å². The Morgan fingerprint density at radius 3 is 2.29 bits per heavy atom. The molecule has 0 aliphatic carbocycles. The van der Waals surface area contributed by atoms with Gasteiger partial charge in [0.2, 0.25) is 5.66 Å². The van der Waals surface area contributed by atoms with Crippen molar-refractivity contribution in [1.29, 1.82) is 0 Å². The summed E-state index contributed by atoms with van der Waals surface area (Å²) < 4.78 is 29.5. The lowest BCUT2D eigenvalue weighted by atomic mass is 9.96. The monoisotopic (exact) mass is 562 g/mol. The number of hydrogen-bond acceptors (Lipinski definition) is 5. The summed E-state index contributed by atoms with van der Waals surface area (Å²) >= 11 is 0. The fraction of sp³-hybridized carbons (Fsp3) is 0.125. The number of anilines is 2. The Labute approximate surface area is 237 Å². The van der Waals surface area contributed by atoms with Crippen molar-refractivity contribution in [3.8, 4) is 0 Å². The SMILES string of the molecule is Cc1ccc(S(=O)(=O)n2c(CN3C(=O)C4(NC(=O)c5ccccc5N4)c4ccccc43)cc3cc(C)ccc32)cc1. The molecule has 1 spiro atoms. The predicted octanol–water partition coefficient (Wildman–Crippen LogP) is 5.05. The van der Waals surface area contributed by atoms with Gasteiger partial charge < -0.3 is 15.5 Å². The van der Waals surface area contributed by atoms with Gasteiger partial charge in [0.15, 0.2) is 0 Å². The minimum Gasteiger partial charge on any atom is -0.350 e. The molecule has 5 aromatic rings. The first-order valence-electron chi connectivity index (χ1n) is 13.2. The van der Waals surface area contributed by atoms with Gasteiger partial charge in [0, 0.05) is 16.6 Å². The molecule has 1 atom stereocenters. The average molecular weight is 563 g/mol. The van der Waals surface area contributed by atoms with E-state index in [4.69, 9.17) is 0 Å². The third-order valence-electron chi connectivity index (χ3n) is 7.82. The second-order valence-electron chi connectivity index (χ2n) is 10.6. The molecule has 2 N–H and O–H groups in total. The van der Waals surface area contributed by atoms with Crippen LogP contribution in [0, 0.1) is 13.8 Å². The average Bonchev–Trinajstić information content (AvgIpc) is 3.42. The lowest BCUT2D eigenvalue weighted by Crippen LogP contribution is -2.60. The molecule has 0 radical (unpaired) electrons. The summed E-state index contributed by atoms with van der Waals surface area (Å²) in [5.74, 6) is -0.766. The highest BCUT2D eigenvalue weighted by molar-refractivity contribution is 7.90. The van der Waals surface area contributed by atoms with E-state index in [0.717, 1.165) is 16.5 Å². The summed E-state index contributed by atoms with van der Waals surface area (Å²) in [6.07, 6.45) is 0. The van der Waals surface area contributed by atoms with Gasteiger partial charge in [-0.1, -0.05) is 59.7 Å². The zero-order valence-corrected chi connectivity index (χ0v) is 23.2. The zero-order chi connectivity index (χ0) is 28.5. The maximum absolute atomic E-state index is 14.3. The molecule has 1 aromatic heterocycles. The van der Waals surface area contributed by atoms with E-state index in [2.05, 4.69) is 10.6 Å². The van der Waals surface area contributed by atoms with Gasteiger partial charge in [-0.2, -0.15) is 0 Å². The number of nitrogens with zero attached hydrogens (tertiary/aromatic N) is 2. The molecular formula is C32H26N4O4S. The molecule has 0 saturated heterocycles. The number of rotatable bonds is 4. The Morgan fingerprint density at radius 1 is 0.780 bits per heavy atom. The number of benzene rings is 4. The van der Waals surface area contributed by atoms with Gasteiger partial charge in [-0.3, -0.25) is 9.59 Å². The van der Waals surface area contributed by atoms with E-state index >= 15 is 0 Å². The standard InChI is InChI=1S/C32H26N4O4S/c1-20-11-14-24(15-12-20)41(39,40)36-23(18-22-17-21(2)13-16-28(22)36)19-35-29-10-6-4-8-26(29)32(31(35)38)33-27-9-5-3-7-25(27)30(37)34-32/h3-18,33H,19H2,1-2H3,(H,34,37). The number of carbonyl (C=O) groups excluding carboxylic acids is 2. The molecule has 2 amide bonds. The van der Waals surface area contributed by atoms with Crippen molar-refractivity contribution in [2.24, 2.45) is 0 Å². The van der Waals surface area contributed by atoms with E-state index < -0.39 is 21.6 Å². The summed E-state index contributed by atoms with van der Waals surface area (Å²) in [7, 11) is -4.01. The highest BCUT2D eigenvalue weighted by Gasteiger charge is 2.54. The van der Waals surface area contributed by atoms with Gasteiger partial charge >= 0.3 is 0 Å². The fourth-order valence-corrected chi connectivity index (χ4v) is 7.39. The maximum Gasteiger partial charge on any atom is 0.278 e. The van der Waals surface area contributed by atoms with Gasteiger partial charge in [0.05, 0.1) is 33.9 Å². The van der Waals surface area contributed by atoms with Crippen LogP contribution >= 0.6 is 0 Å². The molecule has 0 fully saturated rings. The molecule has 3 heterocycles. The van der Waals surface area contributed by atoms with Gasteiger partial charge in [0.25, 0.3) is 21.8 Å². The number of aromatic nitrogens is 1. The fourth-order valence-electron chi connectivity index (χ4n) is 5.85. The van der Waals surface area contributed by atoms with E-state index in [0.29, 0.717) is 33.7 Å². The van der Waals surface area contributed by atoms with Crippen molar-refractivity contribution < 1.29 is 18.0 Å². The van der Waals surface area contributed by atoms with Crippen LogP contribution in [0.1, 0.15) is 32.7 Å². The number of para-hydroxylation sites is 2. The number of nitrogens with one attached hydrogen (secondary N) is 2. The molecular weight excluding hydrogens is 536 g/mol. The summed E-state index contributed by atoms with van der Waals surface area (Å²) in [6.45, 7) is 3.82. The van der Waals surface area contributed by atoms with Gasteiger partial charge in [-0.05, 0) is 62.4 Å². The normalized spacial score (nSPS) is 17.9. The molecule has 2 aliphatic rings. The van der Waals surface area contributed by atoms with Crippen LogP contribution in [0.4, 0.5) is 11.4 Å². The smallest absolute Gasteiger partial charge is 0.278 e. The predicted molar refractivity (Wildman–Crippen MR) is 157 cm³/mol. The van der Waals surface area contributed by atoms with Crippen molar-refractivity contribution >= 4 is 44.1 Å². The molecule has 0 saturated carbocycles. The molecule has 204 valence electrons. The highest BCUT2D eigenvalue weighted by atomic mass is 32.2. The first-order valence-corrected chi connectivity index (χ1v) is 14.7. The Bertz CT molecular complexity index is 2010. The lowest BCUT2D eigenvalue weighted by Gasteiger charge is -2.36. The van der Waals surface area contributed by atoms with Crippen LogP contribution in [0.15, 0.2) is 102 Å². The highest BCUT2D eigenvalue weighted by Crippen LogP contribution is 2.44.